The standard InChI is InChI=1S/C47H62N4O7/c1-47(2,3)58-46(53)51-31-41(35-57-45(52)48-22-10-23-50-26-24-49(4)25-27-50)44(43(32-51)56-34-37-16-17-38-14-8-9-15-40(38)30-37)39-18-20-42(21-19-39)55-29-11-28-54-33-36-12-6-5-7-13-36/h5-9,12-21,30,41,43-44H,10-11,22-29,31-35H2,1-4H3,(H,48,52). The zero-order valence-electron chi connectivity index (χ0n) is 34.8. The lowest BCUT2D eigenvalue weighted by Gasteiger charge is -2.43. The van der Waals surface area contributed by atoms with Crippen LogP contribution < -0.4 is 10.1 Å². The molecule has 0 bridgehead atoms. The van der Waals surface area contributed by atoms with Crippen molar-refractivity contribution in [3.63, 3.8) is 0 Å². The van der Waals surface area contributed by atoms with Crippen molar-refractivity contribution in [2.24, 2.45) is 5.92 Å². The molecule has 3 unspecified atom stereocenters. The first kappa shape index (κ1) is 42.9. The molecule has 0 aromatic heterocycles. The molecular formula is C47H62N4O7. The summed E-state index contributed by atoms with van der Waals surface area (Å²) in [5, 5.41) is 5.25. The SMILES string of the molecule is CN1CCN(CCCNC(=O)OCC2CN(C(=O)OC(C)(C)C)CC(OCc3ccc4ccccc4c3)C2c2ccc(OCCCOCc3ccccc3)cc2)CC1. The molecule has 1 N–H and O–H groups in total. The van der Waals surface area contributed by atoms with Gasteiger partial charge in [-0.2, -0.15) is 0 Å². The van der Waals surface area contributed by atoms with Gasteiger partial charge in [0, 0.05) is 57.5 Å². The zero-order valence-corrected chi connectivity index (χ0v) is 34.8. The van der Waals surface area contributed by atoms with E-state index in [9.17, 15) is 9.59 Å². The Kier molecular flexibility index (Phi) is 15.8. The van der Waals surface area contributed by atoms with Crippen molar-refractivity contribution in [2.45, 2.75) is 64.4 Å². The van der Waals surface area contributed by atoms with E-state index in [-0.39, 0.29) is 18.4 Å². The van der Waals surface area contributed by atoms with Gasteiger partial charge in [0.15, 0.2) is 0 Å². The minimum absolute atomic E-state index is 0.103. The number of piperidine rings is 1. The maximum Gasteiger partial charge on any atom is 0.410 e. The third-order valence-electron chi connectivity index (χ3n) is 10.7. The molecule has 58 heavy (non-hydrogen) atoms. The summed E-state index contributed by atoms with van der Waals surface area (Å²) in [5.74, 6) is 0.299. The number of piperazine rings is 1. The molecule has 2 amide bonds. The van der Waals surface area contributed by atoms with Crippen molar-refractivity contribution in [2.75, 3.05) is 79.2 Å². The van der Waals surface area contributed by atoms with Crippen molar-refractivity contribution < 1.29 is 33.3 Å². The minimum atomic E-state index is -0.671. The van der Waals surface area contributed by atoms with E-state index in [1.54, 1.807) is 4.90 Å². The number of fused-ring (bicyclic) bond motifs is 1. The molecule has 0 spiro atoms. The fraction of sp³-hybridized carbons (Fsp3) is 0.489. The molecule has 3 atom stereocenters. The average molecular weight is 795 g/mol. The van der Waals surface area contributed by atoms with Crippen molar-refractivity contribution in [3.05, 3.63) is 114 Å². The molecule has 2 aliphatic rings. The Morgan fingerprint density at radius 3 is 2.28 bits per heavy atom. The number of carbonyl (C=O) groups is 2. The first-order chi connectivity index (χ1) is 28.1. The lowest BCUT2D eigenvalue weighted by molar-refractivity contribution is -0.0608. The predicted molar refractivity (Wildman–Crippen MR) is 227 cm³/mol. The molecule has 11 heteroatoms. The molecule has 312 valence electrons. The van der Waals surface area contributed by atoms with Gasteiger partial charge in [-0.25, -0.2) is 9.59 Å². The molecule has 0 saturated carbocycles. The fourth-order valence-corrected chi connectivity index (χ4v) is 7.61. The van der Waals surface area contributed by atoms with E-state index in [0.717, 1.165) is 78.8 Å². The summed E-state index contributed by atoms with van der Waals surface area (Å²) in [6.45, 7) is 14.1. The molecule has 0 radical (unpaired) electrons. The Bertz CT molecular complexity index is 1860. The molecule has 6 rings (SSSR count). The second-order valence-corrected chi connectivity index (χ2v) is 16.5. The molecule has 2 saturated heterocycles. The van der Waals surface area contributed by atoms with Crippen LogP contribution >= 0.6 is 0 Å². The third-order valence-corrected chi connectivity index (χ3v) is 10.7. The van der Waals surface area contributed by atoms with Crippen molar-refractivity contribution in [1.82, 2.24) is 20.0 Å². The molecule has 2 aliphatic heterocycles. The Morgan fingerprint density at radius 2 is 1.52 bits per heavy atom. The van der Waals surface area contributed by atoms with E-state index in [4.69, 9.17) is 23.7 Å². The van der Waals surface area contributed by atoms with Crippen LogP contribution in [0.1, 0.15) is 56.2 Å². The van der Waals surface area contributed by atoms with Crippen molar-refractivity contribution in [3.8, 4) is 5.75 Å². The Labute approximate surface area is 344 Å². The van der Waals surface area contributed by atoms with E-state index in [2.05, 4.69) is 76.8 Å². The van der Waals surface area contributed by atoms with E-state index in [1.165, 1.54) is 0 Å². The van der Waals surface area contributed by atoms with Crippen LogP contribution in [0.4, 0.5) is 9.59 Å². The maximum atomic E-state index is 13.6. The number of rotatable bonds is 17. The average Bonchev–Trinajstić information content (AvgIpc) is 3.22. The van der Waals surface area contributed by atoms with Gasteiger partial charge in [-0.3, -0.25) is 0 Å². The normalized spacial score (nSPS) is 19.2. The highest BCUT2D eigenvalue weighted by molar-refractivity contribution is 5.83. The number of alkyl carbamates (subject to hydrolysis) is 1. The van der Waals surface area contributed by atoms with Crippen molar-refractivity contribution in [1.29, 1.82) is 0 Å². The summed E-state index contributed by atoms with van der Waals surface area (Å²) in [6.07, 6.45) is 0.315. The van der Waals surface area contributed by atoms with Crippen LogP contribution in [0, 0.1) is 5.92 Å². The molecule has 2 fully saturated rings. The summed E-state index contributed by atoms with van der Waals surface area (Å²) in [4.78, 5) is 33.2. The zero-order chi connectivity index (χ0) is 40.7. The number of benzene rings is 4. The van der Waals surface area contributed by atoms with Gasteiger partial charge in [-0.1, -0.05) is 78.9 Å². The number of amides is 2. The summed E-state index contributed by atoms with van der Waals surface area (Å²) in [6, 6.07) is 32.8. The summed E-state index contributed by atoms with van der Waals surface area (Å²) < 4.78 is 30.5. The quantitative estimate of drug-likeness (QED) is 0.108. The van der Waals surface area contributed by atoms with Crippen LogP contribution in [-0.2, 0) is 32.2 Å². The highest BCUT2D eigenvalue weighted by atomic mass is 16.6. The van der Waals surface area contributed by atoms with Crippen LogP contribution in [0.25, 0.3) is 10.8 Å². The van der Waals surface area contributed by atoms with Gasteiger partial charge in [-0.05, 0) is 86.4 Å². The van der Waals surface area contributed by atoms with Gasteiger partial charge in [0.2, 0.25) is 0 Å². The highest BCUT2D eigenvalue weighted by Crippen LogP contribution is 2.37. The Hall–Kier alpha value is -4.68. The molecule has 2 heterocycles. The largest absolute Gasteiger partial charge is 0.494 e. The second kappa shape index (κ2) is 21.4. The number of hydrogen-bond donors (Lipinski definition) is 1. The fourth-order valence-electron chi connectivity index (χ4n) is 7.61. The molecule has 4 aromatic carbocycles. The first-order valence-corrected chi connectivity index (χ1v) is 20.8. The summed E-state index contributed by atoms with van der Waals surface area (Å²) >= 11 is 0. The lowest BCUT2D eigenvalue weighted by Crippen LogP contribution is -2.53. The number of hydrogen-bond acceptors (Lipinski definition) is 9. The maximum absolute atomic E-state index is 13.6. The smallest absolute Gasteiger partial charge is 0.410 e. The number of likely N-dealkylation sites (N-methyl/N-ethyl adjacent to an activating group) is 1. The Balaban J connectivity index is 1.13. The van der Waals surface area contributed by atoms with E-state index in [1.807, 2.05) is 63.2 Å². The van der Waals surface area contributed by atoms with Gasteiger partial charge in [-0.15, -0.1) is 0 Å². The van der Waals surface area contributed by atoms with Crippen molar-refractivity contribution >= 4 is 23.0 Å². The third kappa shape index (κ3) is 13.4. The van der Waals surface area contributed by atoms with Crippen LogP contribution in [0.3, 0.4) is 0 Å². The molecule has 4 aromatic rings. The predicted octanol–water partition coefficient (Wildman–Crippen LogP) is 7.73. The molecule has 11 nitrogen and oxygen atoms in total. The number of nitrogens with one attached hydrogen (secondary N) is 1. The molecule has 0 aliphatic carbocycles. The van der Waals surface area contributed by atoms with Gasteiger partial charge in [0.05, 0.1) is 45.7 Å². The minimum Gasteiger partial charge on any atom is -0.494 e. The molecular weight excluding hydrogens is 733 g/mol. The number of carbonyl (C=O) groups excluding carboxylic acids is 2. The number of likely N-dealkylation sites (tertiary alicyclic amines) is 1. The number of nitrogens with zero attached hydrogens (tertiary/aromatic N) is 3. The summed E-state index contributed by atoms with van der Waals surface area (Å²) in [5.41, 5.74) is 2.53. The lowest BCUT2D eigenvalue weighted by atomic mass is 9.78. The van der Waals surface area contributed by atoms with Crippen LogP contribution in [0.2, 0.25) is 0 Å². The Morgan fingerprint density at radius 1 is 0.776 bits per heavy atom. The summed E-state index contributed by atoms with van der Waals surface area (Å²) in [7, 11) is 2.15. The van der Waals surface area contributed by atoms with E-state index >= 15 is 0 Å². The van der Waals surface area contributed by atoms with Crippen LogP contribution in [-0.4, -0.2) is 118 Å². The van der Waals surface area contributed by atoms with Crippen LogP contribution in [0.5, 0.6) is 5.75 Å². The topological polar surface area (TPSA) is 102 Å². The highest BCUT2D eigenvalue weighted by Gasteiger charge is 2.42. The first-order valence-electron chi connectivity index (χ1n) is 20.8. The number of ether oxygens (including phenoxy) is 5. The monoisotopic (exact) mass is 794 g/mol. The van der Waals surface area contributed by atoms with Gasteiger partial charge in [0.1, 0.15) is 11.4 Å². The van der Waals surface area contributed by atoms with Crippen LogP contribution in [0.15, 0.2) is 97.1 Å². The van der Waals surface area contributed by atoms with Gasteiger partial charge < -0.3 is 43.7 Å². The second-order valence-electron chi connectivity index (χ2n) is 16.5. The van der Waals surface area contributed by atoms with E-state index < -0.39 is 23.9 Å². The van der Waals surface area contributed by atoms with E-state index in [0.29, 0.717) is 46.1 Å². The van der Waals surface area contributed by atoms with Gasteiger partial charge >= 0.3 is 12.2 Å². The van der Waals surface area contributed by atoms with Gasteiger partial charge in [0.25, 0.3) is 0 Å².